The molecule has 2 rings (SSSR count). The van der Waals surface area contributed by atoms with Gasteiger partial charge in [0.1, 0.15) is 5.82 Å². The van der Waals surface area contributed by atoms with Gasteiger partial charge in [0, 0.05) is 30.8 Å². The molecule has 6 heteroatoms. The van der Waals surface area contributed by atoms with E-state index in [0.29, 0.717) is 11.6 Å². The van der Waals surface area contributed by atoms with Gasteiger partial charge in [-0.1, -0.05) is 11.6 Å². The zero-order valence-corrected chi connectivity index (χ0v) is 12.5. The predicted molar refractivity (Wildman–Crippen MR) is 76.0 cm³/mol. The number of hydrogen-bond donors (Lipinski definition) is 1. The first-order chi connectivity index (χ1) is 8.61. The number of hydrogen-bond acceptors (Lipinski definition) is 3. The van der Waals surface area contributed by atoms with Crippen molar-refractivity contribution in [1.29, 1.82) is 0 Å². The van der Waals surface area contributed by atoms with E-state index in [4.69, 9.17) is 11.6 Å². The van der Waals surface area contributed by atoms with Gasteiger partial charge in [0.2, 0.25) is 5.91 Å². The van der Waals surface area contributed by atoms with Crippen molar-refractivity contribution >= 4 is 39.3 Å². The topological polar surface area (TPSA) is 45.2 Å². The summed E-state index contributed by atoms with van der Waals surface area (Å²) in [6.07, 6.45) is 3.63. The van der Waals surface area contributed by atoms with Gasteiger partial charge in [-0.3, -0.25) is 4.79 Å². The third kappa shape index (κ3) is 2.95. The molecule has 1 unspecified atom stereocenters. The second kappa shape index (κ2) is 5.89. The predicted octanol–water partition coefficient (Wildman–Crippen LogP) is 2.46. The van der Waals surface area contributed by atoms with Gasteiger partial charge >= 0.3 is 0 Å². The Kier molecular flexibility index (Phi) is 4.45. The Morgan fingerprint density at radius 2 is 2.44 bits per heavy atom. The van der Waals surface area contributed by atoms with Crippen molar-refractivity contribution in [1.82, 2.24) is 10.3 Å². The molecule has 0 bridgehead atoms. The first-order valence-electron chi connectivity index (χ1n) is 5.89. The van der Waals surface area contributed by atoms with E-state index in [1.165, 1.54) is 0 Å². The Balaban J connectivity index is 2.15. The van der Waals surface area contributed by atoms with Crippen molar-refractivity contribution in [3.05, 3.63) is 21.8 Å². The second-order valence-electron chi connectivity index (χ2n) is 4.36. The number of amides is 1. The lowest BCUT2D eigenvalue weighted by Gasteiger charge is -2.33. The summed E-state index contributed by atoms with van der Waals surface area (Å²) < 4.78 is 0.858. The number of carbonyl (C=O) groups excluding carboxylic acids is 1. The van der Waals surface area contributed by atoms with Crippen LogP contribution in [0.2, 0.25) is 5.02 Å². The molecule has 1 N–H and O–H groups in total. The molecule has 1 saturated heterocycles. The van der Waals surface area contributed by atoms with Crippen LogP contribution in [0.1, 0.15) is 12.8 Å². The average Bonchev–Trinajstić information content (AvgIpc) is 2.38. The fraction of sp³-hybridized carbons (Fsp3) is 0.500. The summed E-state index contributed by atoms with van der Waals surface area (Å²) in [5, 5.41) is 3.32. The van der Waals surface area contributed by atoms with Crippen molar-refractivity contribution in [2.75, 3.05) is 25.0 Å². The second-order valence-corrected chi connectivity index (χ2v) is 5.68. The smallest absolute Gasteiger partial charge is 0.224 e. The molecule has 4 nitrogen and oxygen atoms in total. The van der Waals surface area contributed by atoms with Crippen LogP contribution < -0.4 is 10.2 Å². The fourth-order valence-electron chi connectivity index (χ4n) is 2.23. The number of rotatable bonds is 2. The molecule has 1 aromatic rings. The van der Waals surface area contributed by atoms with Crippen molar-refractivity contribution in [3.63, 3.8) is 0 Å². The molecule has 1 amide bonds. The van der Waals surface area contributed by atoms with Crippen molar-refractivity contribution in [3.8, 4) is 0 Å². The van der Waals surface area contributed by atoms with E-state index in [1.807, 2.05) is 6.07 Å². The number of nitrogens with zero attached hydrogens (tertiary/aromatic N) is 2. The SMILES string of the molecule is CNC(=O)C1CCCN(c2ncc(Br)cc2Cl)C1. The van der Waals surface area contributed by atoms with Gasteiger partial charge in [0.05, 0.1) is 10.9 Å². The largest absolute Gasteiger partial charge is 0.359 e. The number of carbonyl (C=O) groups is 1. The van der Waals surface area contributed by atoms with Crippen LogP contribution in [-0.2, 0) is 4.79 Å². The lowest BCUT2D eigenvalue weighted by Crippen LogP contribution is -2.42. The molecule has 1 aliphatic heterocycles. The van der Waals surface area contributed by atoms with Gasteiger partial charge in [-0.2, -0.15) is 0 Å². The van der Waals surface area contributed by atoms with Crippen molar-refractivity contribution in [2.24, 2.45) is 5.92 Å². The summed E-state index contributed by atoms with van der Waals surface area (Å²) in [6, 6.07) is 1.83. The normalized spacial score (nSPS) is 19.7. The lowest BCUT2D eigenvalue weighted by molar-refractivity contribution is -0.124. The summed E-state index contributed by atoms with van der Waals surface area (Å²) in [5.41, 5.74) is 0. The summed E-state index contributed by atoms with van der Waals surface area (Å²) in [6.45, 7) is 1.57. The Bertz CT molecular complexity index is 455. The molecule has 0 radical (unpaired) electrons. The molecular formula is C12H15BrClN3O. The summed E-state index contributed by atoms with van der Waals surface area (Å²) in [5.74, 6) is 0.867. The quantitative estimate of drug-likeness (QED) is 0.905. The Labute approximate surface area is 120 Å². The van der Waals surface area contributed by atoms with E-state index in [9.17, 15) is 4.79 Å². The minimum absolute atomic E-state index is 0.0188. The first kappa shape index (κ1) is 13.6. The molecule has 1 atom stereocenters. The Morgan fingerprint density at radius 1 is 1.67 bits per heavy atom. The number of pyridine rings is 1. The van der Waals surface area contributed by atoms with Crippen LogP contribution in [0.5, 0.6) is 0 Å². The highest BCUT2D eigenvalue weighted by atomic mass is 79.9. The van der Waals surface area contributed by atoms with Gasteiger partial charge in [-0.15, -0.1) is 0 Å². The molecular weight excluding hydrogens is 318 g/mol. The Hall–Kier alpha value is -0.810. The van der Waals surface area contributed by atoms with Gasteiger partial charge in [-0.25, -0.2) is 4.98 Å². The molecule has 2 heterocycles. The zero-order chi connectivity index (χ0) is 13.1. The fourth-order valence-corrected chi connectivity index (χ4v) is 2.98. The molecule has 0 aliphatic carbocycles. The molecule has 0 spiro atoms. The monoisotopic (exact) mass is 331 g/mol. The number of anilines is 1. The van der Waals surface area contributed by atoms with Crippen LogP contribution in [0, 0.1) is 5.92 Å². The molecule has 1 aliphatic rings. The number of halogens is 2. The van der Waals surface area contributed by atoms with Gasteiger partial charge in [0.25, 0.3) is 0 Å². The Morgan fingerprint density at radius 3 is 3.11 bits per heavy atom. The summed E-state index contributed by atoms with van der Waals surface area (Å²) in [7, 11) is 1.67. The van der Waals surface area contributed by atoms with E-state index in [-0.39, 0.29) is 11.8 Å². The van der Waals surface area contributed by atoms with Crippen LogP contribution >= 0.6 is 27.5 Å². The maximum atomic E-state index is 11.7. The maximum absolute atomic E-state index is 11.7. The lowest BCUT2D eigenvalue weighted by atomic mass is 9.97. The highest BCUT2D eigenvalue weighted by Crippen LogP contribution is 2.29. The van der Waals surface area contributed by atoms with E-state index in [0.717, 1.165) is 29.7 Å². The first-order valence-corrected chi connectivity index (χ1v) is 7.06. The molecule has 98 valence electrons. The van der Waals surface area contributed by atoms with Gasteiger partial charge in [-0.05, 0) is 34.8 Å². The third-order valence-electron chi connectivity index (χ3n) is 3.13. The molecule has 18 heavy (non-hydrogen) atoms. The highest BCUT2D eigenvalue weighted by Gasteiger charge is 2.26. The number of piperidine rings is 1. The minimum atomic E-state index is 0.0188. The molecule has 0 saturated carbocycles. The molecule has 1 fully saturated rings. The van der Waals surface area contributed by atoms with Gasteiger partial charge in [0.15, 0.2) is 0 Å². The average molecular weight is 333 g/mol. The molecule has 1 aromatic heterocycles. The number of aromatic nitrogens is 1. The van der Waals surface area contributed by atoms with Gasteiger partial charge < -0.3 is 10.2 Å². The van der Waals surface area contributed by atoms with Crippen LogP contribution in [-0.4, -0.2) is 31.0 Å². The van der Waals surface area contributed by atoms with E-state index < -0.39 is 0 Å². The third-order valence-corrected chi connectivity index (χ3v) is 3.84. The highest BCUT2D eigenvalue weighted by molar-refractivity contribution is 9.10. The molecule has 0 aromatic carbocycles. The van der Waals surface area contributed by atoms with E-state index in [1.54, 1.807) is 13.2 Å². The minimum Gasteiger partial charge on any atom is -0.359 e. The van der Waals surface area contributed by atoms with E-state index >= 15 is 0 Å². The van der Waals surface area contributed by atoms with Crippen LogP contribution in [0.25, 0.3) is 0 Å². The van der Waals surface area contributed by atoms with Crippen LogP contribution in [0.4, 0.5) is 5.82 Å². The standard InChI is InChI=1S/C12H15BrClN3O/c1-15-12(18)8-3-2-4-17(7-8)11-10(14)5-9(13)6-16-11/h5-6,8H,2-4,7H2,1H3,(H,15,18). The maximum Gasteiger partial charge on any atom is 0.224 e. The summed E-state index contributed by atoms with van der Waals surface area (Å²) >= 11 is 9.53. The zero-order valence-electron chi connectivity index (χ0n) is 10.1. The summed E-state index contributed by atoms with van der Waals surface area (Å²) in [4.78, 5) is 18.1. The van der Waals surface area contributed by atoms with Crippen LogP contribution in [0.3, 0.4) is 0 Å². The van der Waals surface area contributed by atoms with Crippen LogP contribution in [0.15, 0.2) is 16.7 Å². The van der Waals surface area contributed by atoms with E-state index in [2.05, 4.69) is 31.1 Å². The van der Waals surface area contributed by atoms with Crippen molar-refractivity contribution < 1.29 is 4.79 Å². The number of nitrogens with one attached hydrogen (secondary N) is 1. The van der Waals surface area contributed by atoms with Crippen molar-refractivity contribution in [2.45, 2.75) is 12.8 Å².